The van der Waals surface area contributed by atoms with Crippen LogP contribution < -0.4 is 11.1 Å². The number of aliphatic imine (C=N–C) groups is 1. The molecule has 6 heteroatoms. The molecule has 0 unspecified atom stereocenters. The van der Waals surface area contributed by atoms with Crippen LogP contribution in [0.4, 0.5) is 0 Å². The second kappa shape index (κ2) is 8.31. The van der Waals surface area contributed by atoms with Crippen molar-refractivity contribution in [1.29, 1.82) is 0 Å². The molecule has 0 bridgehead atoms. The minimum absolute atomic E-state index is 0.284. The lowest BCUT2D eigenvalue weighted by atomic mass is 10.6. The van der Waals surface area contributed by atoms with Gasteiger partial charge in [0.15, 0.2) is 5.96 Å². The van der Waals surface area contributed by atoms with Gasteiger partial charge in [0.2, 0.25) is 0 Å². The first kappa shape index (κ1) is 12.7. The standard InChI is InChI=1S/C8H17N3O3/c1-7(12)14-6-5-13-4-3-11-8(9)10-2/h3-6H2,1-2H3,(H3,9,10,11). The number of hydrogen-bond donors (Lipinski definition) is 2. The first-order valence-corrected chi connectivity index (χ1v) is 4.34. The van der Waals surface area contributed by atoms with Crippen LogP contribution in [0.2, 0.25) is 0 Å². The van der Waals surface area contributed by atoms with Gasteiger partial charge < -0.3 is 20.5 Å². The van der Waals surface area contributed by atoms with E-state index in [0.717, 1.165) is 0 Å². The molecule has 0 saturated carbocycles. The van der Waals surface area contributed by atoms with Crippen molar-refractivity contribution >= 4 is 11.9 Å². The molecule has 0 aromatic carbocycles. The molecule has 0 aliphatic heterocycles. The Hall–Kier alpha value is -1.30. The summed E-state index contributed by atoms with van der Waals surface area (Å²) < 4.78 is 9.79. The molecule has 0 aromatic heterocycles. The Morgan fingerprint density at radius 2 is 2.14 bits per heavy atom. The monoisotopic (exact) mass is 203 g/mol. The summed E-state index contributed by atoms with van der Waals surface area (Å²) in [6, 6.07) is 0. The predicted octanol–water partition coefficient (Wildman–Crippen LogP) is -0.900. The zero-order valence-corrected chi connectivity index (χ0v) is 8.58. The van der Waals surface area contributed by atoms with Crippen LogP contribution in [0.5, 0.6) is 0 Å². The molecule has 82 valence electrons. The molecular weight excluding hydrogens is 186 g/mol. The normalized spacial score (nSPS) is 11.1. The lowest BCUT2D eigenvalue weighted by Crippen LogP contribution is -2.34. The summed E-state index contributed by atoms with van der Waals surface area (Å²) in [5.74, 6) is 0.0858. The van der Waals surface area contributed by atoms with Crippen molar-refractivity contribution in [2.45, 2.75) is 6.92 Å². The highest BCUT2D eigenvalue weighted by Crippen LogP contribution is 1.78. The highest BCUT2D eigenvalue weighted by molar-refractivity contribution is 5.77. The Morgan fingerprint density at radius 3 is 2.71 bits per heavy atom. The summed E-state index contributed by atoms with van der Waals surface area (Å²) in [5.41, 5.74) is 5.37. The molecule has 6 nitrogen and oxygen atoms in total. The van der Waals surface area contributed by atoms with Crippen LogP contribution in [0, 0.1) is 0 Å². The topological polar surface area (TPSA) is 85.9 Å². The molecule has 3 N–H and O–H groups in total. The number of nitrogens with zero attached hydrogens (tertiary/aromatic N) is 1. The van der Waals surface area contributed by atoms with Gasteiger partial charge >= 0.3 is 5.97 Å². The molecule has 0 amide bonds. The van der Waals surface area contributed by atoms with Gasteiger partial charge in [0.25, 0.3) is 0 Å². The fraction of sp³-hybridized carbons (Fsp3) is 0.750. The number of hydrogen-bond acceptors (Lipinski definition) is 4. The first-order valence-electron chi connectivity index (χ1n) is 4.34. The fourth-order valence-corrected chi connectivity index (χ4v) is 0.677. The Bertz CT molecular complexity index is 194. The van der Waals surface area contributed by atoms with E-state index in [-0.39, 0.29) is 12.6 Å². The van der Waals surface area contributed by atoms with Gasteiger partial charge in [0.1, 0.15) is 6.61 Å². The number of nitrogens with two attached hydrogens (primary N) is 1. The van der Waals surface area contributed by atoms with Crippen LogP contribution in [-0.2, 0) is 14.3 Å². The van der Waals surface area contributed by atoms with Gasteiger partial charge in [-0.3, -0.25) is 9.79 Å². The van der Waals surface area contributed by atoms with E-state index in [9.17, 15) is 4.79 Å². The summed E-state index contributed by atoms with van der Waals surface area (Å²) in [6.07, 6.45) is 0. The second-order valence-corrected chi connectivity index (χ2v) is 2.49. The van der Waals surface area contributed by atoms with Gasteiger partial charge in [-0.05, 0) is 0 Å². The minimum atomic E-state index is -0.297. The van der Waals surface area contributed by atoms with Crippen molar-refractivity contribution in [2.24, 2.45) is 10.7 Å². The highest BCUT2D eigenvalue weighted by atomic mass is 16.6. The molecule has 0 rings (SSSR count). The zero-order chi connectivity index (χ0) is 10.8. The summed E-state index contributed by atoms with van der Waals surface area (Å²) in [5, 5.41) is 2.83. The fourth-order valence-electron chi connectivity index (χ4n) is 0.677. The molecule has 0 heterocycles. The third-order valence-electron chi connectivity index (χ3n) is 1.33. The maximum atomic E-state index is 10.3. The van der Waals surface area contributed by atoms with Crippen LogP contribution in [0.3, 0.4) is 0 Å². The van der Waals surface area contributed by atoms with E-state index in [1.54, 1.807) is 7.05 Å². The molecule has 0 aliphatic rings. The highest BCUT2D eigenvalue weighted by Gasteiger charge is 1.93. The maximum absolute atomic E-state index is 10.3. The molecule has 0 radical (unpaired) electrons. The Balaban J connectivity index is 3.10. The molecule has 0 aliphatic carbocycles. The van der Waals surface area contributed by atoms with Crippen molar-refractivity contribution in [3.05, 3.63) is 0 Å². The third kappa shape index (κ3) is 8.79. The number of guanidine groups is 1. The Labute approximate surface area is 83.5 Å². The third-order valence-corrected chi connectivity index (χ3v) is 1.33. The SMILES string of the molecule is CN=C(N)NCCOCCOC(C)=O. The van der Waals surface area contributed by atoms with Gasteiger partial charge in [-0.15, -0.1) is 0 Å². The Kier molecular flexibility index (Phi) is 7.53. The van der Waals surface area contributed by atoms with Crippen LogP contribution in [0.15, 0.2) is 4.99 Å². The molecule has 14 heavy (non-hydrogen) atoms. The second-order valence-electron chi connectivity index (χ2n) is 2.49. The van der Waals surface area contributed by atoms with Crippen molar-refractivity contribution in [1.82, 2.24) is 5.32 Å². The van der Waals surface area contributed by atoms with Gasteiger partial charge in [0, 0.05) is 20.5 Å². The van der Waals surface area contributed by atoms with Crippen LogP contribution in [-0.4, -0.2) is 45.3 Å². The van der Waals surface area contributed by atoms with E-state index in [4.69, 9.17) is 10.5 Å². The number of carbonyl (C=O) groups excluding carboxylic acids is 1. The number of ether oxygens (including phenoxy) is 2. The van der Waals surface area contributed by atoms with E-state index in [0.29, 0.717) is 25.7 Å². The van der Waals surface area contributed by atoms with Crippen LogP contribution in [0.1, 0.15) is 6.92 Å². The van der Waals surface area contributed by atoms with Gasteiger partial charge in [-0.1, -0.05) is 0 Å². The zero-order valence-electron chi connectivity index (χ0n) is 8.58. The first-order chi connectivity index (χ1) is 6.66. The van der Waals surface area contributed by atoms with Crippen molar-refractivity contribution < 1.29 is 14.3 Å². The summed E-state index contributed by atoms with van der Waals surface area (Å²) in [4.78, 5) is 14.0. The molecule has 0 saturated heterocycles. The number of esters is 1. The number of nitrogens with one attached hydrogen (secondary N) is 1. The van der Waals surface area contributed by atoms with Crippen LogP contribution >= 0.6 is 0 Å². The quantitative estimate of drug-likeness (QED) is 0.253. The molecule has 0 atom stereocenters. The molecular formula is C8H17N3O3. The average molecular weight is 203 g/mol. The number of carbonyl (C=O) groups is 1. The van der Waals surface area contributed by atoms with E-state index in [1.165, 1.54) is 6.92 Å². The minimum Gasteiger partial charge on any atom is -0.463 e. The molecule has 0 aromatic rings. The lowest BCUT2D eigenvalue weighted by molar-refractivity contribution is -0.142. The van der Waals surface area contributed by atoms with Crippen molar-refractivity contribution in [2.75, 3.05) is 33.4 Å². The molecule has 0 spiro atoms. The largest absolute Gasteiger partial charge is 0.463 e. The van der Waals surface area contributed by atoms with Crippen molar-refractivity contribution in [3.63, 3.8) is 0 Å². The summed E-state index contributed by atoms with van der Waals surface area (Å²) in [6.45, 7) is 3.12. The maximum Gasteiger partial charge on any atom is 0.302 e. The van der Waals surface area contributed by atoms with Crippen molar-refractivity contribution in [3.8, 4) is 0 Å². The predicted molar refractivity (Wildman–Crippen MR) is 53.0 cm³/mol. The van der Waals surface area contributed by atoms with E-state index < -0.39 is 0 Å². The smallest absolute Gasteiger partial charge is 0.302 e. The Morgan fingerprint density at radius 1 is 1.43 bits per heavy atom. The van der Waals surface area contributed by atoms with Gasteiger partial charge in [0.05, 0.1) is 13.2 Å². The lowest BCUT2D eigenvalue weighted by Gasteiger charge is -2.06. The van der Waals surface area contributed by atoms with E-state index in [1.807, 2.05) is 0 Å². The number of rotatable bonds is 6. The summed E-state index contributed by atoms with van der Waals surface area (Å²) >= 11 is 0. The van der Waals surface area contributed by atoms with E-state index >= 15 is 0 Å². The van der Waals surface area contributed by atoms with Crippen LogP contribution in [0.25, 0.3) is 0 Å². The average Bonchev–Trinajstić information content (AvgIpc) is 2.15. The van der Waals surface area contributed by atoms with E-state index in [2.05, 4.69) is 15.0 Å². The summed E-state index contributed by atoms with van der Waals surface area (Å²) in [7, 11) is 1.60. The molecule has 0 fully saturated rings. The van der Waals surface area contributed by atoms with Gasteiger partial charge in [-0.2, -0.15) is 0 Å². The van der Waals surface area contributed by atoms with Gasteiger partial charge in [-0.25, -0.2) is 0 Å².